The van der Waals surface area contributed by atoms with Gasteiger partial charge in [-0.3, -0.25) is 43.8 Å². The number of hydrogen-bond acceptors (Lipinski definition) is 11. The number of amides is 9. The second kappa shape index (κ2) is 20.2. The molecular weight excluding hydrogens is 742 g/mol. The third kappa shape index (κ3) is 14.0. The lowest BCUT2D eigenvalue weighted by Gasteiger charge is -2.38. The minimum Gasteiger partial charge on any atom is -0.508 e. The maximum Gasteiger partial charge on any atom is 0.322 e. The molecule has 8 atom stereocenters. The van der Waals surface area contributed by atoms with Crippen LogP contribution in [-0.2, 0) is 40.0 Å². The van der Waals surface area contributed by atoms with Crippen LogP contribution in [-0.4, -0.2) is 130 Å². The summed E-state index contributed by atoms with van der Waals surface area (Å²) in [5.41, 5.74) is -0.156. The predicted molar refractivity (Wildman–Crippen MR) is 207 cm³/mol. The lowest BCUT2D eigenvalue weighted by molar-refractivity contribution is -0.136. The Balaban J connectivity index is 2.06. The molecule has 3 rings (SSSR count). The molecular formula is C38H59N9O10. The lowest BCUT2D eigenvalue weighted by atomic mass is 10.0. The number of carbonyl (C=O) groups is 8. The fourth-order valence-electron chi connectivity index (χ4n) is 6.68. The number of nitrogens with one attached hydrogen (secondary N) is 8. The van der Waals surface area contributed by atoms with Gasteiger partial charge in [-0.25, -0.2) is 4.79 Å². The Labute approximate surface area is 332 Å². The van der Waals surface area contributed by atoms with Crippen molar-refractivity contribution in [1.82, 2.24) is 47.4 Å². The molecule has 1 unspecified atom stereocenters. The second-order valence-corrected chi connectivity index (χ2v) is 16.2. The molecule has 2 aliphatic heterocycles. The molecule has 9 amide bonds. The van der Waals surface area contributed by atoms with Gasteiger partial charge in [0.25, 0.3) is 5.91 Å². The Bertz CT molecular complexity index is 1650. The number of carbonyl (C=O) groups excluding carboxylic acids is 8. The van der Waals surface area contributed by atoms with Crippen LogP contribution in [0.15, 0.2) is 24.3 Å². The number of phenolic OH excluding ortho intramolecular Hbond substituents is 1. The maximum absolute atomic E-state index is 14.1. The fourth-order valence-corrected chi connectivity index (χ4v) is 6.68. The molecule has 0 bridgehead atoms. The van der Waals surface area contributed by atoms with Crippen molar-refractivity contribution in [3.63, 3.8) is 0 Å². The van der Waals surface area contributed by atoms with Crippen LogP contribution in [0.1, 0.15) is 80.2 Å². The van der Waals surface area contributed by atoms with Crippen molar-refractivity contribution in [1.29, 1.82) is 0 Å². The first kappa shape index (κ1) is 46.1. The summed E-state index contributed by atoms with van der Waals surface area (Å²) in [7, 11) is 0. The van der Waals surface area contributed by atoms with Crippen LogP contribution >= 0.6 is 0 Å². The third-order valence-electron chi connectivity index (χ3n) is 9.40. The number of aromatic hydroxyl groups is 1. The zero-order chi connectivity index (χ0) is 42.8. The van der Waals surface area contributed by atoms with Crippen molar-refractivity contribution in [2.75, 3.05) is 13.1 Å². The molecule has 2 heterocycles. The molecule has 0 saturated carbocycles. The van der Waals surface area contributed by atoms with Gasteiger partial charge < -0.3 is 47.4 Å². The number of nitrogens with zero attached hydrogens (tertiary/aromatic N) is 1. The van der Waals surface area contributed by atoms with Crippen LogP contribution in [0.3, 0.4) is 0 Å². The van der Waals surface area contributed by atoms with Crippen molar-refractivity contribution >= 4 is 47.4 Å². The highest BCUT2D eigenvalue weighted by atomic mass is 16.3. The van der Waals surface area contributed by atoms with E-state index < -0.39 is 108 Å². The third-order valence-corrected chi connectivity index (χ3v) is 9.40. The van der Waals surface area contributed by atoms with E-state index in [-0.39, 0.29) is 37.5 Å². The van der Waals surface area contributed by atoms with E-state index in [1.807, 2.05) is 0 Å². The molecule has 2 fully saturated rings. The Hall–Kier alpha value is -5.30. The molecule has 0 aromatic heterocycles. The van der Waals surface area contributed by atoms with Gasteiger partial charge >= 0.3 is 6.03 Å². The summed E-state index contributed by atoms with van der Waals surface area (Å²) >= 11 is 0. The molecule has 2 aliphatic rings. The molecule has 10 N–H and O–H groups in total. The van der Waals surface area contributed by atoms with Gasteiger partial charge in [0, 0.05) is 12.0 Å². The number of phenols is 1. The molecule has 19 heteroatoms. The molecule has 316 valence electrons. The van der Waals surface area contributed by atoms with Gasteiger partial charge in [-0.2, -0.15) is 0 Å². The van der Waals surface area contributed by atoms with E-state index in [0.717, 1.165) is 0 Å². The van der Waals surface area contributed by atoms with Crippen LogP contribution < -0.4 is 42.5 Å². The average Bonchev–Trinajstić information content (AvgIpc) is 3.57. The van der Waals surface area contributed by atoms with Gasteiger partial charge in [0.1, 0.15) is 36.0 Å². The van der Waals surface area contributed by atoms with Gasteiger partial charge in [-0.05, 0) is 91.0 Å². The fraction of sp³-hybridized carbons (Fsp3) is 0.632. The predicted octanol–water partition coefficient (Wildman–Crippen LogP) is -1.59. The van der Waals surface area contributed by atoms with Crippen molar-refractivity contribution in [3.05, 3.63) is 29.8 Å². The molecule has 0 spiro atoms. The van der Waals surface area contributed by atoms with Crippen molar-refractivity contribution in [2.24, 2.45) is 5.92 Å². The Morgan fingerprint density at radius 2 is 1.49 bits per heavy atom. The minimum atomic E-state index is -1.61. The topological polar surface area (TPSA) is 276 Å². The summed E-state index contributed by atoms with van der Waals surface area (Å²) in [6.07, 6.45) is -0.681. The first-order valence-electron chi connectivity index (χ1n) is 19.2. The van der Waals surface area contributed by atoms with Gasteiger partial charge in [-0.1, -0.05) is 26.0 Å². The van der Waals surface area contributed by atoms with Crippen molar-refractivity contribution < 1.29 is 48.6 Å². The van der Waals surface area contributed by atoms with E-state index in [0.29, 0.717) is 12.0 Å². The van der Waals surface area contributed by atoms with Gasteiger partial charge in [0.15, 0.2) is 0 Å². The standard InChI is InChI=1S/C38H59N9O10/c1-19(2)16-25-33(53)45-37(57)44-29(22(5)48)35(55)40-20(3)30(36(56)46-38(6,7)8)47-15-9-10-27(47)34(54)43-26(17-23-11-13-24(49)14-12-23)32(52)41-21(4)31(51)39-18-28(50)42-25/h11-14,19-22,25-27,29-30,48-49H,9-10,15-18H2,1-8H3,(H,39,51)(H,40,55)(H,41,52)(H,42,50)(H,43,54)(H,46,56)(H2,44,45,53,57)/t20-,21-,22+,25-,26?,27-,29+,30-/m0/s1. The number of aliphatic hydroxyl groups is 1. The number of urea groups is 1. The number of rotatable bonds is 6. The van der Waals surface area contributed by atoms with Gasteiger partial charge in [0.2, 0.25) is 35.4 Å². The van der Waals surface area contributed by atoms with Crippen LogP contribution in [0.4, 0.5) is 4.79 Å². The zero-order valence-corrected chi connectivity index (χ0v) is 33.9. The molecule has 1 aromatic rings. The normalized spacial score (nSPS) is 27.4. The summed E-state index contributed by atoms with van der Waals surface area (Å²) in [5, 5.41) is 40.6. The van der Waals surface area contributed by atoms with E-state index in [2.05, 4.69) is 42.5 Å². The lowest BCUT2D eigenvalue weighted by Crippen LogP contribution is -2.65. The number of fused-ring (bicyclic) bond motifs is 1. The highest BCUT2D eigenvalue weighted by molar-refractivity contribution is 6.01. The molecule has 57 heavy (non-hydrogen) atoms. The highest BCUT2D eigenvalue weighted by Gasteiger charge is 2.44. The molecule has 0 radical (unpaired) electrons. The second-order valence-electron chi connectivity index (χ2n) is 16.2. The number of benzene rings is 1. The summed E-state index contributed by atoms with van der Waals surface area (Å²) in [5.74, 6) is -5.36. The van der Waals surface area contributed by atoms with Crippen LogP contribution in [0.5, 0.6) is 5.75 Å². The molecule has 19 nitrogen and oxygen atoms in total. The molecule has 0 aliphatic carbocycles. The maximum atomic E-state index is 14.1. The Morgan fingerprint density at radius 3 is 2.09 bits per heavy atom. The Kier molecular flexibility index (Phi) is 16.3. The van der Waals surface area contributed by atoms with E-state index in [4.69, 9.17) is 0 Å². The smallest absolute Gasteiger partial charge is 0.322 e. The molecule has 1 aromatic carbocycles. The SMILES string of the molecule is CC(C)C[C@@H]1NC(=O)CNC(=O)[C@H](C)NC(=O)C(Cc2ccc(O)cc2)NC(=O)[C@@H]2CCCN2[C@H](C(=O)NC(C)(C)C)[C@H](C)NC(=O)[C@@H]([C@@H](C)O)NC(=O)NC1=O. The van der Waals surface area contributed by atoms with Crippen LogP contribution in [0.25, 0.3) is 0 Å². The summed E-state index contributed by atoms with van der Waals surface area (Å²) in [6, 6.07) is -3.59. The number of hydrogen-bond donors (Lipinski definition) is 10. The zero-order valence-electron chi connectivity index (χ0n) is 33.9. The summed E-state index contributed by atoms with van der Waals surface area (Å²) < 4.78 is 0. The van der Waals surface area contributed by atoms with Crippen LogP contribution in [0.2, 0.25) is 0 Å². The summed E-state index contributed by atoms with van der Waals surface area (Å²) in [4.78, 5) is 109. The highest BCUT2D eigenvalue weighted by Crippen LogP contribution is 2.24. The Morgan fingerprint density at radius 1 is 0.842 bits per heavy atom. The monoisotopic (exact) mass is 801 g/mol. The van der Waals surface area contributed by atoms with E-state index in [9.17, 15) is 48.6 Å². The van der Waals surface area contributed by atoms with E-state index >= 15 is 0 Å². The number of imide groups is 1. The van der Waals surface area contributed by atoms with Gasteiger partial charge in [-0.15, -0.1) is 0 Å². The largest absolute Gasteiger partial charge is 0.508 e. The average molecular weight is 802 g/mol. The van der Waals surface area contributed by atoms with E-state index in [1.165, 1.54) is 32.9 Å². The minimum absolute atomic E-state index is 0.0135. The van der Waals surface area contributed by atoms with E-state index in [1.54, 1.807) is 51.7 Å². The quantitative estimate of drug-likeness (QED) is 0.157. The molecule has 2 saturated heterocycles. The first-order valence-corrected chi connectivity index (χ1v) is 19.2. The summed E-state index contributed by atoms with van der Waals surface area (Å²) in [6.45, 7) is 12.7. The van der Waals surface area contributed by atoms with Crippen LogP contribution in [0, 0.1) is 5.92 Å². The van der Waals surface area contributed by atoms with Crippen molar-refractivity contribution in [2.45, 2.75) is 135 Å². The van der Waals surface area contributed by atoms with Gasteiger partial charge in [0.05, 0.1) is 24.7 Å². The van der Waals surface area contributed by atoms with Crippen molar-refractivity contribution in [3.8, 4) is 5.75 Å². The first-order chi connectivity index (χ1) is 26.6. The number of aliphatic hydroxyl groups excluding tert-OH is 1.